The first-order valence-corrected chi connectivity index (χ1v) is 11.5. The molecule has 1 saturated heterocycles. The number of hydrogen-bond donors (Lipinski definition) is 1. The third-order valence-corrected chi connectivity index (χ3v) is 6.21. The van der Waals surface area contributed by atoms with Crippen molar-refractivity contribution in [3.63, 3.8) is 0 Å². The average Bonchev–Trinajstić information content (AvgIpc) is 3.24. The van der Waals surface area contributed by atoms with Gasteiger partial charge in [0.1, 0.15) is 5.75 Å². The molecular formula is C24H22N4O4S. The number of benzene rings is 2. The van der Waals surface area contributed by atoms with Gasteiger partial charge >= 0.3 is 5.97 Å². The molecule has 1 aliphatic rings. The monoisotopic (exact) mass is 462 g/mol. The molecule has 0 spiro atoms. The smallest absolute Gasteiger partial charge is 0.316 e. The van der Waals surface area contributed by atoms with Crippen LogP contribution < -0.4 is 14.8 Å². The van der Waals surface area contributed by atoms with Gasteiger partial charge in [-0.1, -0.05) is 23.5 Å². The second-order valence-electron chi connectivity index (χ2n) is 7.73. The van der Waals surface area contributed by atoms with E-state index >= 15 is 0 Å². The molecule has 2 aromatic carbocycles. The highest BCUT2D eigenvalue weighted by Gasteiger charge is 2.28. The van der Waals surface area contributed by atoms with E-state index in [2.05, 4.69) is 20.3 Å². The van der Waals surface area contributed by atoms with Crippen LogP contribution in [0.5, 0.6) is 17.5 Å². The Morgan fingerprint density at radius 1 is 1.09 bits per heavy atom. The van der Waals surface area contributed by atoms with Gasteiger partial charge in [-0.25, -0.2) is 15.0 Å². The Kier molecular flexibility index (Phi) is 6.14. The van der Waals surface area contributed by atoms with Gasteiger partial charge in [0, 0.05) is 24.7 Å². The standard InChI is InChI=1S/C24H22N4O4S/c1-15-14-16(10-13-30-15)23(29)32-22-21(25-11-12-26-22)31-18-8-6-17(7-9-18)27-24-28-19-4-2-3-5-20(19)33-24/h2-9,11-12,15-16H,10,13-14H2,1H3,(H,27,28). The van der Waals surface area contributed by atoms with Crippen molar-refractivity contribution in [1.82, 2.24) is 15.0 Å². The third-order valence-electron chi connectivity index (χ3n) is 5.26. The first kappa shape index (κ1) is 21.3. The number of hydrogen-bond acceptors (Lipinski definition) is 9. The Bertz CT molecular complexity index is 1230. The molecule has 0 amide bonds. The van der Waals surface area contributed by atoms with E-state index in [1.807, 2.05) is 43.3 Å². The number of carbonyl (C=O) groups excluding carboxylic acids is 1. The van der Waals surface area contributed by atoms with Crippen LogP contribution in [0.15, 0.2) is 60.9 Å². The molecule has 2 aromatic heterocycles. The lowest BCUT2D eigenvalue weighted by atomic mass is 9.96. The molecule has 1 N–H and O–H groups in total. The average molecular weight is 463 g/mol. The van der Waals surface area contributed by atoms with E-state index in [9.17, 15) is 4.79 Å². The van der Waals surface area contributed by atoms with Crippen LogP contribution in [0.25, 0.3) is 10.2 Å². The molecule has 1 aliphatic heterocycles. The van der Waals surface area contributed by atoms with Crippen LogP contribution in [-0.2, 0) is 9.53 Å². The molecule has 0 aliphatic carbocycles. The Hall–Kier alpha value is -3.56. The van der Waals surface area contributed by atoms with Gasteiger partial charge in [0.05, 0.1) is 22.2 Å². The summed E-state index contributed by atoms with van der Waals surface area (Å²) in [6.07, 6.45) is 4.24. The number of esters is 1. The van der Waals surface area contributed by atoms with Crippen LogP contribution in [0.3, 0.4) is 0 Å². The zero-order chi connectivity index (χ0) is 22.6. The van der Waals surface area contributed by atoms with Crippen molar-refractivity contribution < 1.29 is 19.0 Å². The van der Waals surface area contributed by atoms with E-state index in [0.717, 1.165) is 21.0 Å². The molecular weight excluding hydrogens is 440 g/mol. The van der Waals surface area contributed by atoms with E-state index in [-0.39, 0.29) is 29.8 Å². The second kappa shape index (κ2) is 9.51. The van der Waals surface area contributed by atoms with Crippen molar-refractivity contribution in [2.45, 2.75) is 25.9 Å². The lowest BCUT2D eigenvalue weighted by Crippen LogP contribution is -2.31. The number of carbonyl (C=O) groups is 1. The molecule has 168 valence electrons. The first-order valence-electron chi connectivity index (χ1n) is 10.7. The summed E-state index contributed by atoms with van der Waals surface area (Å²) in [4.78, 5) is 25.5. The molecule has 8 nitrogen and oxygen atoms in total. The number of rotatable bonds is 6. The van der Waals surface area contributed by atoms with E-state index in [1.165, 1.54) is 12.4 Å². The van der Waals surface area contributed by atoms with Crippen molar-refractivity contribution in [1.29, 1.82) is 0 Å². The van der Waals surface area contributed by atoms with Crippen LogP contribution in [0.1, 0.15) is 19.8 Å². The third kappa shape index (κ3) is 5.10. The van der Waals surface area contributed by atoms with Gasteiger partial charge in [-0.3, -0.25) is 4.79 Å². The predicted molar refractivity (Wildman–Crippen MR) is 125 cm³/mol. The van der Waals surface area contributed by atoms with Crippen LogP contribution in [0, 0.1) is 5.92 Å². The predicted octanol–water partition coefficient (Wildman–Crippen LogP) is 5.34. The number of para-hydroxylation sites is 1. The van der Waals surface area contributed by atoms with Crippen LogP contribution in [0.4, 0.5) is 10.8 Å². The van der Waals surface area contributed by atoms with Gasteiger partial charge in [-0.15, -0.1) is 0 Å². The second-order valence-corrected chi connectivity index (χ2v) is 8.76. The molecule has 1 fully saturated rings. The fourth-order valence-electron chi connectivity index (χ4n) is 3.61. The highest BCUT2D eigenvalue weighted by molar-refractivity contribution is 7.22. The highest BCUT2D eigenvalue weighted by atomic mass is 32.1. The van der Waals surface area contributed by atoms with E-state index in [4.69, 9.17) is 14.2 Å². The summed E-state index contributed by atoms with van der Waals surface area (Å²) in [6, 6.07) is 15.4. The highest BCUT2D eigenvalue weighted by Crippen LogP contribution is 2.31. The van der Waals surface area contributed by atoms with Gasteiger partial charge in [0.15, 0.2) is 5.13 Å². The number of fused-ring (bicyclic) bond motifs is 1. The van der Waals surface area contributed by atoms with Crippen molar-refractivity contribution in [2.24, 2.45) is 5.92 Å². The maximum atomic E-state index is 12.6. The zero-order valence-corrected chi connectivity index (χ0v) is 18.7. The summed E-state index contributed by atoms with van der Waals surface area (Å²) in [6.45, 7) is 2.49. The maximum Gasteiger partial charge on any atom is 0.316 e. The minimum Gasteiger partial charge on any atom is -0.435 e. The van der Waals surface area contributed by atoms with Gasteiger partial charge in [-0.2, -0.15) is 0 Å². The Morgan fingerprint density at radius 2 is 1.88 bits per heavy atom. The number of aromatic nitrogens is 3. The summed E-state index contributed by atoms with van der Waals surface area (Å²) >= 11 is 1.59. The van der Waals surface area contributed by atoms with E-state index < -0.39 is 0 Å². The number of anilines is 2. The molecule has 2 unspecified atom stereocenters. The number of thiazole rings is 1. The van der Waals surface area contributed by atoms with Gasteiger partial charge < -0.3 is 19.5 Å². The number of ether oxygens (including phenoxy) is 3. The van der Waals surface area contributed by atoms with E-state index in [1.54, 1.807) is 23.5 Å². The summed E-state index contributed by atoms with van der Waals surface area (Å²) in [5.74, 6) is 0.167. The molecule has 0 radical (unpaired) electrons. The van der Waals surface area contributed by atoms with Gasteiger partial charge in [-0.05, 0) is 56.2 Å². The SMILES string of the molecule is CC1CC(C(=O)Oc2nccnc2Oc2ccc(Nc3nc4ccccc4s3)cc2)CCO1. The fourth-order valence-corrected chi connectivity index (χ4v) is 4.50. The minimum atomic E-state index is -0.342. The summed E-state index contributed by atoms with van der Waals surface area (Å²) in [7, 11) is 0. The molecule has 4 aromatic rings. The Morgan fingerprint density at radius 3 is 2.67 bits per heavy atom. The summed E-state index contributed by atoms with van der Waals surface area (Å²) in [5.41, 5.74) is 1.84. The van der Waals surface area contributed by atoms with Gasteiger partial charge in [0.2, 0.25) is 0 Å². The maximum absolute atomic E-state index is 12.6. The van der Waals surface area contributed by atoms with Crippen molar-refractivity contribution >= 4 is 38.3 Å². The molecule has 0 saturated carbocycles. The van der Waals surface area contributed by atoms with Crippen molar-refractivity contribution in [2.75, 3.05) is 11.9 Å². The summed E-state index contributed by atoms with van der Waals surface area (Å²) < 4.78 is 18.0. The largest absolute Gasteiger partial charge is 0.435 e. The zero-order valence-electron chi connectivity index (χ0n) is 17.9. The van der Waals surface area contributed by atoms with Crippen LogP contribution in [-0.4, -0.2) is 33.6 Å². The number of nitrogens with one attached hydrogen (secondary N) is 1. The first-order chi connectivity index (χ1) is 16.1. The van der Waals surface area contributed by atoms with Crippen LogP contribution in [0.2, 0.25) is 0 Å². The fraction of sp³-hybridized carbons (Fsp3) is 0.250. The minimum absolute atomic E-state index is 0.0313. The number of nitrogens with zero attached hydrogens (tertiary/aromatic N) is 3. The normalized spacial score (nSPS) is 18.1. The molecule has 5 rings (SSSR count). The van der Waals surface area contributed by atoms with Crippen LogP contribution >= 0.6 is 11.3 Å². The molecule has 2 atom stereocenters. The lowest BCUT2D eigenvalue weighted by molar-refractivity contribution is -0.144. The van der Waals surface area contributed by atoms with E-state index in [0.29, 0.717) is 25.2 Å². The molecule has 0 bridgehead atoms. The molecule has 9 heteroatoms. The molecule has 33 heavy (non-hydrogen) atoms. The molecule has 3 heterocycles. The quantitative estimate of drug-likeness (QED) is 0.384. The lowest BCUT2D eigenvalue weighted by Gasteiger charge is -2.25. The Balaban J connectivity index is 1.25. The Labute approximate surface area is 194 Å². The van der Waals surface area contributed by atoms with Crippen molar-refractivity contribution in [3.05, 3.63) is 60.9 Å². The topological polar surface area (TPSA) is 95.5 Å². The summed E-state index contributed by atoms with van der Waals surface area (Å²) in [5, 5.41) is 4.12. The van der Waals surface area contributed by atoms with Gasteiger partial charge in [0.25, 0.3) is 11.8 Å². The van der Waals surface area contributed by atoms with Crippen molar-refractivity contribution in [3.8, 4) is 17.5 Å².